The Morgan fingerprint density at radius 2 is 2.19 bits per heavy atom. The van der Waals surface area contributed by atoms with Gasteiger partial charge in [-0.15, -0.1) is 0 Å². The van der Waals surface area contributed by atoms with Crippen LogP contribution in [0, 0.1) is 0 Å². The van der Waals surface area contributed by atoms with Crippen LogP contribution in [0.15, 0.2) is 35.5 Å². The number of nitrogens with zero attached hydrogens (tertiary/aromatic N) is 3. The van der Waals surface area contributed by atoms with Crippen LogP contribution in [0.2, 0.25) is 0 Å². The summed E-state index contributed by atoms with van der Waals surface area (Å²) in [5.41, 5.74) is 7.26. The fraction of sp³-hybridized carbons (Fsp3) is 0.333. The molecule has 6 nitrogen and oxygen atoms in total. The van der Waals surface area contributed by atoms with Gasteiger partial charge in [0.25, 0.3) is 0 Å². The second-order valence-corrected chi connectivity index (χ2v) is 4.95. The standard InChI is InChI=1S/C15H20N4O2/c1-10(9-21-3)19(2)15-12(14(16)18-20)8-11-6-4-5-7-13(11)17-15/h4-8,10,20H,9H2,1-3H3,(H2,16,18). The zero-order chi connectivity index (χ0) is 15.4. The van der Waals surface area contributed by atoms with Crippen LogP contribution in [-0.2, 0) is 4.74 Å². The third-order valence-corrected chi connectivity index (χ3v) is 3.49. The molecule has 0 fully saturated rings. The molecule has 0 saturated carbocycles. The van der Waals surface area contributed by atoms with Crippen molar-refractivity contribution in [1.82, 2.24) is 4.98 Å². The molecule has 0 bridgehead atoms. The maximum atomic E-state index is 9.00. The van der Waals surface area contributed by atoms with Crippen LogP contribution in [-0.4, -0.2) is 42.8 Å². The number of hydrogen-bond donors (Lipinski definition) is 2. The fourth-order valence-electron chi connectivity index (χ4n) is 2.18. The fourth-order valence-corrected chi connectivity index (χ4v) is 2.18. The lowest BCUT2D eigenvalue weighted by Gasteiger charge is -2.27. The molecule has 21 heavy (non-hydrogen) atoms. The lowest BCUT2D eigenvalue weighted by molar-refractivity contribution is 0.183. The number of anilines is 1. The molecule has 2 aromatic rings. The van der Waals surface area contributed by atoms with Gasteiger partial charge in [0.2, 0.25) is 0 Å². The Morgan fingerprint density at radius 3 is 2.86 bits per heavy atom. The summed E-state index contributed by atoms with van der Waals surface area (Å²) in [4.78, 5) is 6.61. The first kappa shape index (κ1) is 15.1. The average Bonchev–Trinajstić information content (AvgIpc) is 2.52. The minimum absolute atomic E-state index is 0.0414. The Balaban J connectivity index is 2.58. The van der Waals surface area contributed by atoms with Crippen molar-refractivity contribution in [3.05, 3.63) is 35.9 Å². The lowest BCUT2D eigenvalue weighted by Crippen LogP contribution is -2.35. The highest BCUT2D eigenvalue weighted by Crippen LogP contribution is 2.24. The Morgan fingerprint density at radius 1 is 1.48 bits per heavy atom. The van der Waals surface area contributed by atoms with E-state index < -0.39 is 0 Å². The molecular weight excluding hydrogens is 268 g/mol. The summed E-state index contributed by atoms with van der Waals surface area (Å²) < 4.78 is 5.18. The Bertz CT molecular complexity index is 657. The van der Waals surface area contributed by atoms with E-state index in [2.05, 4.69) is 10.1 Å². The van der Waals surface area contributed by atoms with E-state index >= 15 is 0 Å². The maximum Gasteiger partial charge on any atom is 0.173 e. The van der Waals surface area contributed by atoms with Crippen LogP contribution in [0.1, 0.15) is 12.5 Å². The molecule has 112 valence electrons. The van der Waals surface area contributed by atoms with E-state index in [-0.39, 0.29) is 11.9 Å². The summed E-state index contributed by atoms with van der Waals surface area (Å²) in [6.07, 6.45) is 0. The first-order valence-electron chi connectivity index (χ1n) is 6.68. The molecule has 1 aromatic carbocycles. The molecule has 0 aliphatic heterocycles. The number of para-hydroxylation sites is 1. The van der Waals surface area contributed by atoms with Gasteiger partial charge in [0.1, 0.15) is 5.82 Å². The summed E-state index contributed by atoms with van der Waals surface area (Å²) in [6, 6.07) is 9.72. The third kappa shape index (κ3) is 3.05. The molecule has 0 amide bonds. The first-order chi connectivity index (χ1) is 10.1. The number of aromatic nitrogens is 1. The topological polar surface area (TPSA) is 84.0 Å². The highest BCUT2D eigenvalue weighted by molar-refractivity contribution is 6.04. The van der Waals surface area contributed by atoms with E-state index in [0.717, 1.165) is 10.9 Å². The molecular formula is C15H20N4O2. The van der Waals surface area contributed by atoms with E-state index in [9.17, 15) is 0 Å². The van der Waals surface area contributed by atoms with Crippen LogP contribution < -0.4 is 10.6 Å². The highest BCUT2D eigenvalue weighted by atomic mass is 16.5. The van der Waals surface area contributed by atoms with Gasteiger partial charge in [-0.2, -0.15) is 0 Å². The number of nitrogens with two attached hydrogens (primary N) is 1. The zero-order valence-electron chi connectivity index (χ0n) is 12.4. The second-order valence-electron chi connectivity index (χ2n) is 4.95. The van der Waals surface area contributed by atoms with Crippen LogP contribution in [0.25, 0.3) is 10.9 Å². The molecule has 1 heterocycles. The van der Waals surface area contributed by atoms with Gasteiger partial charge in [-0.25, -0.2) is 4.98 Å². The van der Waals surface area contributed by atoms with Crippen LogP contribution in [0.4, 0.5) is 5.82 Å². The van der Waals surface area contributed by atoms with Crippen molar-refractivity contribution < 1.29 is 9.94 Å². The number of amidine groups is 1. The molecule has 3 N–H and O–H groups in total. The van der Waals surface area contributed by atoms with Gasteiger partial charge in [0, 0.05) is 19.5 Å². The molecule has 0 aliphatic carbocycles. The zero-order valence-corrected chi connectivity index (χ0v) is 12.4. The van der Waals surface area contributed by atoms with Crippen molar-refractivity contribution in [2.45, 2.75) is 13.0 Å². The monoisotopic (exact) mass is 288 g/mol. The van der Waals surface area contributed by atoms with Crippen molar-refractivity contribution in [2.24, 2.45) is 10.9 Å². The summed E-state index contributed by atoms with van der Waals surface area (Å²) in [5, 5.41) is 13.1. The van der Waals surface area contributed by atoms with Crippen molar-refractivity contribution in [3.8, 4) is 0 Å². The quantitative estimate of drug-likeness (QED) is 0.379. The number of pyridine rings is 1. The molecule has 1 unspecified atom stereocenters. The van der Waals surface area contributed by atoms with Gasteiger partial charge < -0.3 is 20.6 Å². The Hall–Kier alpha value is -2.34. The van der Waals surface area contributed by atoms with Crippen LogP contribution >= 0.6 is 0 Å². The van der Waals surface area contributed by atoms with Gasteiger partial charge in [0.05, 0.1) is 23.7 Å². The predicted molar refractivity (Wildman–Crippen MR) is 84.0 cm³/mol. The number of likely N-dealkylation sites (N-methyl/N-ethyl adjacent to an activating group) is 1. The number of benzene rings is 1. The number of hydrogen-bond acceptors (Lipinski definition) is 5. The van der Waals surface area contributed by atoms with Crippen LogP contribution in [0.3, 0.4) is 0 Å². The summed E-state index contributed by atoms with van der Waals surface area (Å²) >= 11 is 0. The Labute approximate surface area is 123 Å². The van der Waals surface area contributed by atoms with Crippen molar-refractivity contribution >= 4 is 22.6 Å². The number of oxime groups is 1. The average molecular weight is 288 g/mol. The van der Waals surface area contributed by atoms with Gasteiger partial charge in [-0.05, 0) is 19.1 Å². The largest absolute Gasteiger partial charge is 0.409 e. The third-order valence-electron chi connectivity index (χ3n) is 3.49. The van der Waals surface area contributed by atoms with Gasteiger partial charge >= 0.3 is 0 Å². The molecule has 0 aliphatic rings. The molecule has 0 radical (unpaired) electrons. The molecule has 6 heteroatoms. The van der Waals surface area contributed by atoms with E-state index in [0.29, 0.717) is 18.0 Å². The van der Waals surface area contributed by atoms with Crippen molar-refractivity contribution in [3.63, 3.8) is 0 Å². The predicted octanol–water partition coefficient (Wildman–Crippen LogP) is 1.80. The van der Waals surface area contributed by atoms with E-state index in [1.807, 2.05) is 49.2 Å². The molecule has 1 aromatic heterocycles. The minimum Gasteiger partial charge on any atom is -0.409 e. The number of methoxy groups -OCH3 is 1. The van der Waals surface area contributed by atoms with E-state index in [4.69, 9.17) is 15.7 Å². The SMILES string of the molecule is COCC(C)N(C)c1nc2ccccc2cc1C(N)=NO. The second kappa shape index (κ2) is 6.41. The van der Waals surface area contributed by atoms with Crippen molar-refractivity contribution in [1.29, 1.82) is 0 Å². The molecule has 0 spiro atoms. The number of fused-ring (bicyclic) bond motifs is 1. The molecule has 1 atom stereocenters. The smallest absolute Gasteiger partial charge is 0.173 e. The maximum absolute atomic E-state index is 9.00. The van der Waals surface area contributed by atoms with E-state index in [1.165, 1.54) is 0 Å². The summed E-state index contributed by atoms with van der Waals surface area (Å²) in [6.45, 7) is 2.58. The lowest BCUT2D eigenvalue weighted by atomic mass is 10.1. The van der Waals surface area contributed by atoms with Gasteiger partial charge in [-0.1, -0.05) is 23.4 Å². The van der Waals surface area contributed by atoms with Gasteiger partial charge in [-0.3, -0.25) is 0 Å². The highest BCUT2D eigenvalue weighted by Gasteiger charge is 2.18. The van der Waals surface area contributed by atoms with Crippen molar-refractivity contribution in [2.75, 3.05) is 25.7 Å². The van der Waals surface area contributed by atoms with Gasteiger partial charge in [0.15, 0.2) is 5.84 Å². The Kier molecular flexibility index (Phi) is 4.59. The number of rotatable bonds is 5. The molecule has 2 rings (SSSR count). The molecule has 0 saturated heterocycles. The minimum atomic E-state index is 0.0414. The normalized spacial score (nSPS) is 13.4. The number of ether oxygens (including phenoxy) is 1. The van der Waals surface area contributed by atoms with E-state index in [1.54, 1.807) is 7.11 Å². The summed E-state index contributed by atoms with van der Waals surface area (Å²) in [7, 11) is 3.57. The summed E-state index contributed by atoms with van der Waals surface area (Å²) in [5.74, 6) is 0.702. The van der Waals surface area contributed by atoms with Crippen LogP contribution in [0.5, 0.6) is 0 Å². The first-order valence-corrected chi connectivity index (χ1v) is 6.68.